The number of hydrogen-bond donors (Lipinski definition) is 0. The van der Waals surface area contributed by atoms with E-state index in [1.807, 2.05) is 5.38 Å². The van der Waals surface area contributed by atoms with Crippen LogP contribution in [0.25, 0.3) is 9.75 Å². The highest BCUT2D eigenvalue weighted by Gasteiger charge is 2.33. The summed E-state index contributed by atoms with van der Waals surface area (Å²) >= 11 is 2.84. The van der Waals surface area contributed by atoms with E-state index in [2.05, 4.69) is 0 Å². The first-order chi connectivity index (χ1) is 12.4. The second-order valence-corrected chi connectivity index (χ2v) is 10.8. The largest absolute Gasteiger partial charge is 0.362 e. The summed E-state index contributed by atoms with van der Waals surface area (Å²) in [7, 11) is -6.75. The van der Waals surface area contributed by atoms with E-state index in [9.17, 15) is 9.13 Å². The Morgan fingerprint density at radius 1 is 0.846 bits per heavy atom. The first-order valence-electron chi connectivity index (χ1n) is 8.39. The summed E-state index contributed by atoms with van der Waals surface area (Å²) in [6.45, 7) is 8.25. The van der Waals surface area contributed by atoms with Gasteiger partial charge in [0.25, 0.3) is 0 Å². The van der Waals surface area contributed by atoms with E-state index >= 15 is 0 Å². The maximum absolute atomic E-state index is 13.1. The lowest BCUT2D eigenvalue weighted by Gasteiger charge is -2.17. The summed E-state index contributed by atoms with van der Waals surface area (Å²) in [5.41, 5.74) is 0. The van der Waals surface area contributed by atoms with Crippen LogP contribution in [0.2, 0.25) is 0 Å². The smallest absolute Gasteiger partial charge is 0.305 e. The molecule has 26 heavy (non-hydrogen) atoms. The molecule has 0 radical (unpaired) electrons. The molecule has 0 aliphatic heterocycles. The molecule has 0 spiro atoms. The van der Waals surface area contributed by atoms with E-state index < -0.39 is 15.2 Å². The van der Waals surface area contributed by atoms with Gasteiger partial charge in [0.2, 0.25) is 0 Å². The quantitative estimate of drug-likeness (QED) is 0.446. The Morgan fingerprint density at radius 2 is 1.38 bits per heavy atom. The third-order valence-electron chi connectivity index (χ3n) is 3.26. The molecule has 0 bridgehead atoms. The van der Waals surface area contributed by atoms with E-state index in [0.29, 0.717) is 10.6 Å². The van der Waals surface area contributed by atoms with Crippen molar-refractivity contribution in [3.63, 3.8) is 0 Å². The van der Waals surface area contributed by atoms with Gasteiger partial charge < -0.3 is 18.1 Å². The normalized spacial score (nSPS) is 12.6. The average molecular weight is 438 g/mol. The zero-order valence-electron chi connectivity index (χ0n) is 15.3. The molecule has 2 aromatic heterocycles. The van der Waals surface area contributed by atoms with Crippen molar-refractivity contribution >= 4 is 48.5 Å². The van der Waals surface area contributed by atoms with Crippen molar-refractivity contribution in [3.05, 3.63) is 22.9 Å². The Balaban J connectivity index is 2.43. The van der Waals surface area contributed by atoms with Crippen LogP contribution in [0.1, 0.15) is 27.7 Å². The molecule has 2 rings (SSSR count). The van der Waals surface area contributed by atoms with Crippen LogP contribution in [0.5, 0.6) is 0 Å². The summed E-state index contributed by atoms with van der Waals surface area (Å²) in [6, 6.07) is 3.53. The van der Waals surface area contributed by atoms with Gasteiger partial charge in [-0.2, -0.15) is 0 Å². The van der Waals surface area contributed by atoms with Gasteiger partial charge in [-0.25, -0.2) is 0 Å². The summed E-state index contributed by atoms with van der Waals surface area (Å²) in [6.07, 6.45) is 0. The molecule has 0 aromatic carbocycles. The maximum atomic E-state index is 13.1. The summed E-state index contributed by atoms with van der Waals surface area (Å²) < 4.78 is 47.8. The SMILES string of the molecule is CCOP(=O)(OCC)c1csc(-c2sccc2P(=O)(OCC)OCC)c1. The summed E-state index contributed by atoms with van der Waals surface area (Å²) in [4.78, 5) is 1.61. The molecule has 0 aliphatic carbocycles. The van der Waals surface area contributed by atoms with Gasteiger partial charge in [-0.15, -0.1) is 22.7 Å². The van der Waals surface area contributed by atoms with Crippen molar-refractivity contribution in [2.24, 2.45) is 0 Å². The van der Waals surface area contributed by atoms with Crippen LogP contribution in [0.15, 0.2) is 22.9 Å². The molecule has 0 fully saturated rings. The monoisotopic (exact) mass is 438 g/mol. The first-order valence-corrected chi connectivity index (χ1v) is 13.2. The number of hydrogen-bond acceptors (Lipinski definition) is 8. The van der Waals surface area contributed by atoms with Gasteiger partial charge in [0.1, 0.15) is 0 Å². The highest BCUT2D eigenvalue weighted by Crippen LogP contribution is 2.52. The highest BCUT2D eigenvalue weighted by atomic mass is 32.1. The van der Waals surface area contributed by atoms with Gasteiger partial charge in [-0.3, -0.25) is 9.13 Å². The molecular weight excluding hydrogens is 414 g/mol. The zero-order valence-corrected chi connectivity index (χ0v) is 18.7. The molecule has 0 saturated carbocycles. The summed E-state index contributed by atoms with van der Waals surface area (Å²) in [5.74, 6) is 0. The molecule has 0 amide bonds. The lowest BCUT2D eigenvalue weighted by Crippen LogP contribution is -2.11. The van der Waals surface area contributed by atoms with Gasteiger partial charge >= 0.3 is 15.2 Å². The second-order valence-electron chi connectivity index (χ2n) is 4.97. The average Bonchev–Trinajstić information content (AvgIpc) is 3.25. The van der Waals surface area contributed by atoms with Crippen LogP contribution < -0.4 is 10.6 Å². The zero-order chi connectivity index (χ0) is 19.2. The predicted octanol–water partition coefficient (Wildman–Crippen LogP) is 5.26. The summed E-state index contributed by atoms with van der Waals surface area (Å²) in [5, 5.41) is 4.64. The second kappa shape index (κ2) is 9.76. The minimum Gasteiger partial charge on any atom is -0.305 e. The molecular formula is C16H24O6P2S2. The van der Waals surface area contributed by atoms with E-state index in [4.69, 9.17) is 18.1 Å². The van der Waals surface area contributed by atoms with Crippen molar-refractivity contribution in [1.82, 2.24) is 0 Å². The minimum atomic E-state index is -3.40. The Morgan fingerprint density at radius 3 is 1.92 bits per heavy atom. The molecule has 146 valence electrons. The number of thiophene rings is 2. The van der Waals surface area contributed by atoms with Gasteiger partial charge in [0.15, 0.2) is 0 Å². The molecule has 0 atom stereocenters. The fraction of sp³-hybridized carbons (Fsp3) is 0.500. The standard InChI is InChI=1S/C16H24O6P2S2/c1-5-19-23(17,20-6-2)13-11-15(26-12-13)16-14(9-10-25-16)24(18,21-7-3)22-8-4/h9-12H,5-8H2,1-4H3. The fourth-order valence-electron chi connectivity index (χ4n) is 2.33. The van der Waals surface area contributed by atoms with Gasteiger partial charge in [0.05, 0.1) is 41.9 Å². The van der Waals surface area contributed by atoms with E-state index in [0.717, 1.165) is 9.75 Å². The minimum absolute atomic E-state index is 0.284. The lowest BCUT2D eigenvalue weighted by molar-refractivity contribution is 0.229. The molecule has 0 unspecified atom stereocenters. The lowest BCUT2D eigenvalue weighted by atomic mass is 10.4. The third kappa shape index (κ3) is 4.75. The van der Waals surface area contributed by atoms with Crippen LogP contribution >= 0.6 is 37.9 Å². The van der Waals surface area contributed by atoms with Gasteiger partial charge in [0, 0.05) is 10.3 Å². The molecule has 6 nitrogen and oxygen atoms in total. The first kappa shape index (κ1) is 22.0. The van der Waals surface area contributed by atoms with Crippen molar-refractivity contribution in [2.45, 2.75) is 27.7 Å². The Labute approximate surface area is 162 Å². The maximum Gasteiger partial charge on any atom is 0.362 e. The Kier molecular flexibility index (Phi) is 8.26. The molecule has 0 N–H and O–H groups in total. The molecule has 0 aliphatic rings. The van der Waals surface area contributed by atoms with Gasteiger partial charge in [-0.05, 0) is 45.2 Å². The van der Waals surface area contributed by atoms with Crippen LogP contribution in [0, 0.1) is 0 Å². The van der Waals surface area contributed by atoms with E-state index in [1.54, 1.807) is 45.2 Å². The highest BCUT2D eigenvalue weighted by molar-refractivity contribution is 7.63. The Hall–Kier alpha value is -0.300. The molecule has 2 aromatic rings. The van der Waals surface area contributed by atoms with Crippen molar-refractivity contribution in [1.29, 1.82) is 0 Å². The number of rotatable bonds is 11. The van der Waals surface area contributed by atoms with Crippen LogP contribution in [-0.2, 0) is 27.2 Å². The van der Waals surface area contributed by atoms with Crippen molar-refractivity contribution < 1.29 is 27.2 Å². The third-order valence-corrected chi connectivity index (χ3v) is 9.86. The van der Waals surface area contributed by atoms with Crippen LogP contribution in [0.3, 0.4) is 0 Å². The molecule has 10 heteroatoms. The molecule has 0 saturated heterocycles. The predicted molar refractivity (Wildman–Crippen MR) is 109 cm³/mol. The van der Waals surface area contributed by atoms with Gasteiger partial charge in [-0.1, -0.05) is 0 Å². The molecule has 2 heterocycles. The van der Waals surface area contributed by atoms with E-state index in [-0.39, 0.29) is 26.4 Å². The van der Waals surface area contributed by atoms with Crippen molar-refractivity contribution in [2.75, 3.05) is 26.4 Å². The fourth-order valence-corrected chi connectivity index (χ4v) is 8.48. The Bertz CT molecular complexity index is 780. The van der Waals surface area contributed by atoms with Crippen molar-refractivity contribution in [3.8, 4) is 9.75 Å². The topological polar surface area (TPSA) is 71.1 Å². The van der Waals surface area contributed by atoms with Crippen LogP contribution in [0.4, 0.5) is 0 Å². The van der Waals surface area contributed by atoms with E-state index in [1.165, 1.54) is 22.7 Å². The van der Waals surface area contributed by atoms with Crippen LogP contribution in [-0.4, -0.2) is 26.4 Å².